The van der Waals surface area contributed by atoms with E-state index in [0.29, 0.717) is 19.5 Å². The van der Waals surface area contributed by atoms with Crippen molar-refractivity contribution in [3.63, 3.8) is 0 Å². The fourth-order valence-electron chi connectivity index (χ4n) is 2.14. The molecule has 1 saturated heterocycles. The molecule has 0 saturated carbocycles. The summed E-state index contributed by atoms with van der Waals surface area (Å²) in [5.74, 6) is -0.316. The number of hydrogen-bond acceptors (Lipinski definition) is 4. The number of aliphatic hydroxyl groups excluding tert-OH is 1. The summed E-state index contributed by atoms with van der Waals surface area (Å²) >= 11 is 0. The summed E-state index contributed by atoms with van der Waals surface area (Å²) in [5.41, 5.74) is 0. The number of carbonyl (C=O) groups is 1. The van der Waals surface area contributed by atoms with Crippen molar-refractivity contribution in [2.45, 2.75) is 18.6 Å². The van der Waals surface area contributed by atoms with Gasteiger partial charge in [0.1, 0.15) is 6.61 Å². The van der Waals surface area contributed by atoms with Crippen molar-refractivity contribution in [1.29, 1.82) is 0 Å². The maximum atomic E-state index is 13.3. The first-order valence-electron chi connectivity index (χ1n) is 6.61. The number of halogens is 2. The fraction of sp³-hybridized carbons (Fsp3) is 0.500. The van der Waals surface area contributed by atoms with Gasteiger partial charge in [-0.15, -0.1) is 12.4 Å². The lowest BCUT2D eigenvalue weighted by Gasteiger charge is -2.21. The van der Waals surface area contributed by atoms with Crippen molar-refractivity contribution in [1.82, 2.24) is 10.2 Å². The zero-order chi connectivity index (χ0) is 14.5. The molecular formula is C14H20ClFN2O3. The van der Waals surface area contributed by atoms with E-state index < -0.39 is 11.9 Å². The third-order valence-electron chi connectivity index (χ3n) is 3.30. The Morgan fingerprint density at radius 1 is 1.52 bits per heavy atom. The maximum Gasteiger partial charge on any atom is 0.239 e. The van der Waals surface area contributed by atoms with E-state index in [9.17, 15) is 14.3 Å². The SMILES string of the molecule is CN(CCOc1ccccc1F)C(=O)C1CC(O)CN1.Cl. The molecule has 0 spiro atoms. The summed E-state index contributed by atoms with van der Waals surface area (Å²) in [7, 11) is 1.67. The third-order valence-corrected chi connectivity index (χ3v) is 3.30. The average Bonchev–Trinajstić information content (AvgIpc) is 2.86. The summed E-state index contributed by atoms with van der Waals surface area (Å²) in [6.45, 7) is 1.02. The van der Waals surface area contributed by atoms with E-state index in [1.165, 1.54) is 11.0 Å². The van der Waals surface area contributed by atoms with Crippen LogP contribution in [0.25, 0.3) is 0 Å². The Morgan fingerprint density at radius 3 is 2.86 bits per heavy atom. The number of para-hydroxylation sites is 1. The minimum Gasteiger partial charge on any atom is -0.489 e. The quantitative estimate of drug-likeness (QED) is 0.843. The first-order valence-corrected chi connectivity index (χ1v) is 6.61. The van der Waals surface area contributed by atoms with Gasteiger partial charge in [0.05, 0.1) is 18.7 Å². The topological polar surface area (TPSA) is 61.8 Å². The monoisotopic (exact) mass is 318 g/mol. The van der Waals surface area contributed by atoms with Gasteiger partial charge in [-0.25, -0.2) is 4.39 Å². The van der Waals surface area contributed by atoms with E-state index in [-0.39, 0.29) is 36.7 Å². The number of likely N-dealkylation sites (N-methyl/N-ethyl adjacent to an activating group) is 1. The first-order chi connectivity index (χ1) is 9.58. The van der Waals surface area contributed by atoms with Crippen LogP contribution in [-0.2, 0) is 4.79 Å². The molecule has 1 aliphatic rings. The highest BCUT2D eigenvalue weighted by atomic mass is 35.5. The minimum atomic E-state index is -0.466. The Kier molecular flexibility index (Phi) is 6.87. The number of carbonyl (C=O) groups excluding carboxylic acids is 1. The minimum absolute atomic E-state index is 0. The number of rotatable bonds is 5. The molecule has 0 radical (unpaired) electrons. The Balaban J connectivity index is 0.00000220. The highest BCUT2D eigenvalue weighted by Crippen LogP contribution is 2.15. The zero-order valence-electron chi connectivity index (χ0n) is 11.8. The lowest BCUT2D eigenvalue weighted by molar-refractivity contribution is -0.132. The van der Waals surface area contributed by atoms with Gasteiger partial charge in [0.2, 0.25) is 5.91 Å². The predicted molar refractivity (Wildman–Crippen MR) is 79.2 cm³/mol. The first kappa shape index (κ1) is 17.7. The van der Waals surface area contributed by atoms with Crippen LogP contribution in [0.15, 0.2) is 24.3 Å². The molecule has 2 atom stereocenters. The van der Waals surface area contributed by atoms with E-state index in [0.717, 1.165) is 0 Å². The molecule has 2 unspecified atom stereocenters. The standard InChI is InChI=1S/C14H19FN2O3.ClH/c1-17(14(19)12-8-10(18)9-16-12)6-7-20-13-5-3-2-4-11(13)15;/h2-5,10,12,16,18H,6-9H2,1H3;1H. The number of benzene rings is 1. The van der Waals surface area contributed by atoms with Gasteiger partial charge >= 0.3 is 0 Å². The molecule has 118 valence electrons. The number of ether oxygens (including phenoxy) is 1. The molecule has 7 heteroatoms. The summed E-state index contributed by atoms with van der Waals surface area (Å²) in [6.07, 6.45) is -0.0378. The molecule has 0 aliphatic carbocycles. The highest BCUT2D eigenvalue weighted by molar-refractivity contribution is 5.85. The normalized spacial score (nSPS) is 20.7. The second-order valence-corrected chi connectivity index (χ2v) is 4.89. The van der Waals surface area contributed by atoms with Crippen LogP contribution in [0, 0.1) is 5.82 Å². The van der Waals surface area contributed by atoms with Gasteiger partial charge < -0.3 is 20.1 Å². The number of β-amino-alcohol motifs (C(OH)–C–C–N with tert-alkyl or cyclic N) is 1. The summed E-state index contributed by atoms with van der Waals surface area (Å²) in [4.78, 5) is 13.5. The second kappa shape index (κ2) is 8.17. The van der Waals surface area contributed by atoms with Crippen LogP contribution < -0.4 is 10.1 Å². The van der Waals surface area contributed by atoms with Gasteiger partial charge in [-0.2, -0.15) is 0 Å². The molecular weight excluding hydrogens is 299 g/mol. The number of aliphatic hydroxyl groups is 1. The van der Waals surface area contributed by atoms with E-state index >= 15 is 0 Å². The van der Waals surface area contributed by atoms with E-state index in [1.807, 2.05) is 0 Å². The molecule has 1 aromatic rings. The zero-order valence-corrected chi connectivity index (χ0v) is 12.6. The summed E-state index contributed by atoms with van der Waals surface area (Å²) in [5, 5.41) is 12.3. The Labute approximate surface area is 129 Å². The molecule has 1 heterocycles. The molecule has 2 N–H and O–H groups in total. The van der Waals surface area contributed by atoms with E-state index in [4.69, 9.17) is 4.74 Å². The Hall–Kier alpha value is -1.37. The second-order valence-electron chi connectivity index (χ2n) is 4.89. The van der Waals surface area contributed by atoms with Gasteiger partial charge in [-0.05, 0) is 18.6 Å². The van der Waals surface area contributed by atoms with Crippen molar-refractivity contribution in [2.24, 2.45) is 0 Å². The molecule has 1 aliphatic heterocycles. The van der Waals surface area contributed by atoms with Gasteiger partial charge in [0, 0.05) is 13.6 Å². The van der Waals surface area contributed by atoms with Gasteiger partial charge in [-0.3, -0.25) is 4.79 Å². The average molecular weight is 319 g/mol. The summed E-state index contributed by atoms with van der Waals surface area (Å²) in [6, 6.07) is 5.81. The molecule has 0 bridgehead atoms. The number of nitrogens with zero attached hydrogens (tertiary/aromatic N) is 1. The highest BCUT2D eigenvalue weighted by Gasteiger charge is 2.29. The number of nitrogens with one attached hydrogen (secondary N) is 1. The van der Waals surface area contributed by atoms with Crippen molar-refractivity contribution in [3.8, 4) is 5.75 Å². The Morgan fingerprint density at radius 2 is 2.24 bits per heavy atom. The number of hydrogen-bond donors (Lipinski definition) is 2. The predicted octanol–water partition coefficient (Wildman–Crippen LogP) is 0.807. The van der Waals surface area contributed by atoms with Gasteiger partial charge in [0.25, 0.3) is 0 Å². The van der Waals surface area contributed by atoms with Crippen LogP contribution in [0.1, 0.15) is 6.42 Å². The molecule has 2 rings (SSSR count). The molecule has 21 heavy (non-hydrogen) atoms. The van der Waals surface area contributed by atoms with Crippen molar-refractivity contribution < 1.29 is 19.0 Å². The molecule has 0 aromatic heterocycles. The molecule has 5 nitrogen and oxygen atoms in total. The van der Waals surface area contributed by atoms with Crippen LogP contribution in [0.3, 0.4) is 0 Å². The van der Waals surface area contributed by atoms with Crippen LogP contribution >= 0.6 is 12.4 Å². The molecule has 1 amide bonds. The van der Waals surface area contributed by atoms with Gasteiger partial charge in [0.15, 0.2) is 11.6 Å². The summed E-state index contributed by atoms with van der Waals surface area (Å²) < 4.78 is 18.6. The van der Waals surface area contributed by atoms with Crippen molar-refractivity contribution in [2.75, 3.05) is 26.7 Å². The lowest BCUT2D eigenvalue weighted by Crippen LogP contribution is -2.43. The Bertz CT molecular complexity index is 475. The molecule has 1 fully saturated rings. The van der Waals surface area contributed by atoms with E-state index in [1.54, 1.807) is 25.2 Å². The van der Waals surface area contributed by atoms with Crippen molar-refractivity contribution >= 4 is 18.3 Å². The van der Waals surface area contributed by atoms with E-state index in [2.05, 4.69) is 5.32 Å². The van der Waals surface area contributed by atoms with Gasteiger partial charge in [-0.1, -0.05) is 12.1 Å². The van der Waals surface area contributed by atoms with Crippen molar-refractivity contribution in [3.05, 3.63) is 30.1 Å². The maximum absolute atomic E-state index is 13.3. The third kappa shape index (κ3) is 4.84. The van der Waals surface area contributed by atoms with Crippen LogP contribution in [0.5, 0.6) is 5.75 Å². The smallest absolute Gasteiger partial charge is 0.239 e. The van der Waals surface area contributed by atoms with Crippen LogP contribution in [0.4, 0.5) is 4.39 Å². The lowest BCUT2D eigenvalue weighted by atomic mass is 10.2. The molecule has 1 aromatic carbocycles. The van der Waals surface area contributed by atoms with Crippen LogP contribution in [0.2, 0.25) is 0 Å². The fourth-order valence-corrected chi connectivity index (χ4v) is 2.14. The largest absolute Gasteiger partial charge is 0.489 e. The number of amides is 1. The van der Waals surface area contributed by atoms with Crippen LogP contribution in [-0.4, -0.2) is 54.8 Å².